The van der Waals surface area contributed by atoms with Gasteiger partial charge in [-0.2, -0.15) is 4.99 Å². The summed E-state index contributed by atoms with van der Waals surface area (Å²) in [4.78, 5) is 29.1. The maximum atomic E-state index is 12.2. The van der Waals surface area contributed by atoms with E-state index in [0.29, 0.717) is 5.17 Å². The Bertz CT molecular complexity index is 904. The molecule has 0 radical (unpaired) electrons. The number of hydrogen-bond acceptors (Lipinski definition) is 5. The average Bonchev–Trinajstić information content (AvgIpc) is 3.09. The molecule has 0 bridgehead atoms. The maximum absolute atomic E-state index is 12.2. The Morgan fingerprint density at radius 1 is 1.18 bits per heavy atom. The molecule has 1 aromatic carbocycles. The number of fused-ring (bicyclic) bond motifs is 1. The lowest BCUT2D eigenvalue weighted by atomic mass is 10.0. The highest BCUT2D eigenvalue weighted by Gasteiger charge is 2.50. The Labute approximate surface area is 169 Å². The lowest BCUT2D eigenvalue weighted by Crippen LogP contribution is -2.39. The molecule has 0 aromatic heterocycles. The standard InChI is InChI=1S/C19H24N2O5S2/c1-3-12-6-5-7-13(4-2)18(12)21-14-10-28(25,26)11-15(14)27-19(21)20-16(22)8-9-17(23)24/h5-7,14-15H,3-4,8-11H2,1-2H3,(H,23,24)/t14-,15+/m0/s1. The van der Waals surface area contributed by atoms with Crippen LogP contribution in [0.4, 0.5) is 5.69 Å². The molecule has 0 unspecified atom stereocenters. The molecule has 2 atom stereocenters. The van der Waals surface area contributed by atoms with Gasteiger partial charge >= 0.3 is 5.97 Å². The first kappa shape index (κ1) is 20.9. The molecule has 2 saturated heterocycles. The number of carboxylic acid groups (broad SMARTS) is 1. The first-order chi connectivity index (χ1) is 13.3. The summed E-state index contributed by atoms with van der Waals surface area (Å²) in [6, 6.07) is 5.75. The van der Waals surface area contributed by atoms with Gasteiger partial charge < -0.3 is 10.0 Å². The number of hydrogen-bond donors (Lipinski definition) is 1. The third-order valence-electron chi connectivity index (χ3n) is 5.05. The van der Waals surface area contributed by atoms with Crippen molar-refractivity contribution in [2.45, 2.75) is 50.8 Å². The van der Waals surface area contributed by atoms with Crippen LogP contribution in [0.3, 0.4) is 0 Å². The van der Waals surface area contributed by atoms with Crippen molar-refractivity contribution in [1.29, 1.82) is 0 Å². The van der Waals surface area contributed by atoms with Crippen LogP contribution in [0.5, 0.6) is 0 Å². The number of para-hydroxylation sites is 1. The van der Waals surface area contributed by atoms with Crippen molar-refractivity contribution in [3.63, 3.8) is 0 Å². The van der Waals surface area contributed by atoms with Crippen molar-refractivity contribution in [3.8, 4) is 0 Å². The molecule has 2 aliphatic heterocycles. The molecule has 2 aliphatic rings. The second kappa shape index (κ2) is 8.24. The van der Waals surface area contributed by atoms with Gasteiger partial charge in [-0.3, -0.25) is 9.59 Å². The van der Waals surface area contributed by atoms with Gasteiger partial charge in [0.1, 0.15) is 0 Å². The summed E-state index contributed by atoms with van der Waals surface area (Å²) in [5.74, 6) is -1.44. The Balaban J connectivity index is 2.05. The normalized spacial score (nSPS) is 24.5. The average molecular weight is 425 g/mol. The number of aliphatic carboxylic acids is 1. The Morgan fingerprint density at radius 2 is 1.82 bits per heavy atom. The van der Waals surface area contributed by atoms with Crippen molar-refractivity contribution in [1.82, 2.24) is 0 Å². The number of thioether (sulfide) groups is 1. The van der Waals surface area contributed by atoms with E-state index < -0.39 is 21.7 Å². The molecule has 0 saturated carbocycles. The number of aliphatic imine (C=N–C) groups is 1. The molecule has 28 heavy (non-hydrogen) atoms. The first-order valence-corrected chi connectivity index (χ1v) is 12.1. The van der Waals surface area contributed by atoms with Gasteiger partial charge in [0.15, 0.2) is 15.0 Å². The van der Waals surface area contributed by atoms with Crippen LogP contribution in [0, 0.1) is 0 Å². The number of benzene rings is 1. The van der Waals surface area contributed by atoms with Gasteiger partial charge in [-0.05, 0) is 24.0 Å². The Hall–Kier alpha value is -1.87. The number of aryl methyl sites for hydroxylation is 2. The molecule has 2 heterocycles. The molecule has 2 fully saturated rings. The van der Waals surface area contributed by atoms with E-state index in [0.717, 1.165) is 29.7 Å². The lowest BCUT2D eigenvalue weighted by Gasteiger charge is -2.29. The molecule has 1 aromatic rings. The van der Waals surface area contributed by atoms with Gasteiger partial charge in [-0.25, -0.2) is 8.42 Å². The summed E-state index contributed by atoms with van der Waals surface area (Å²) in [6.45, 7) is 4.08. The number of anilines is 1. The van der Waals surface area contributed by atoms with Gasteiger partial charge in [-0.1, -0.05) is 43.8 Å². The van der Waals surface area contributed by atoms with Gasteiger partial charge in [0, 0.05) is 17.4 Å². The zero-order valence-electron chi connectivity index (χ0n) is 15.9. The highest BCUT2D eigenvalue weighted by atomic mass is 32.2. The summed E-state index contributed by atoms with van der Waals surface area (Å²) < 4.78 is 24.4. The maximum Gasteiger partial charge on any atom is 0.303 e. The minimum atomic E-state index is -3.14. The molecule has 9 heteroatoms. The Kier molecular flexibility index (Phi) is 6.14. The number of carbonyl (C=O) groups excluding carboxylic acids is 1. The van der Waals surface area contributed by atoms with Crippen LogP contribution in [0.25, 0.3) is 0 Å². The van der Waals surface area contributed by atoms with Crippen molar-refractivity contribution >= 4 is 44.3 Å². The van der Waals surface area contributed by atoms with Crippen LogP contribution in [-0.4, -0.2) is 53.4 Å². The third-order valence-corrected chi connectivity index (χ3v) is 8.26. The lowest BCUT2D eigenvalue weighted by molar-refractivity contribution is -0.138. The number of rotatable bonds is 6. The van der Waals surface area contributed by atoms with E-state index in [4.69, 9.17) is 5.11 Å². The van der Waals surface area contributed by atoms with E-state index in [1.807, 2.05) is 36.9 Å². The molecule has 1 amide bonds. The van der Waals surface area contributed by atoms with Crippen molar-refractivity contribution in [2.24, 2.45) is 4.99 Å². The predicted octanol–water partition coefficient (Wildman–Crippen LogP) is 2.28. The fourth-order valence-corrected chi connectivity index (χ4v) is 7.64. The van der Waals surface area contributed by atoms with Crippen molar-refractivity contribution in [3.05, 3.63) is 29.3 Å². The van der Waals surface area contributed by atoms with E-state index in [1.54, 1.807) is 0 Å². The number of sulfone groups is 1. The van der Waals surface area contributed by atoms with Crippen LogP contribution in [0.15, 0.2) is 23.2 Å². The third kappa shape index (κ3) is 4.25. The monoisotopic (exact) mass is 424 g/mol. The molecular formula is C19H24N2O5S2. The molecule has 152 valence electrons. The van der Waals surface area contributed by atoms with E-state index in [-0.39, 0.29) is 35.6 Å². The summed E-state index contributed by atoms with van der Waals surface area (Å²) in [5.41, 5.74) is 3.10. The number of nitrogens with zero attached hydrogens (tertiary/aromatic N) is 2. The Morgan fingerprint density at radius 3 is 2.39 bits per heavy atom. The van der Waals surface area contributed by atoms with Gasteiger partial charge in [0.2, 0.25) is 5.91 Å². The molecule has 3 rings (SSSR count). The van der Waals surface area contributed by atoms with Gasteiger partial charge in [-0.15, -0.1) is 0 Å². The van der Waals surface area contributed by atoms with Gasteiger partial charge in [0.05, 0.1) is 24.0 Å². The smallest absolute Gasteiger partial charge is 0.303 e. The highest BCUT2D eigenvalue weighted by molar-refractivity contribution is 8.16. The van der Waals surface area contributed by atoms with Crippen LogP contribution in [0.2, 0.25) is 0 Å². The largest absolute Gasteiger partial charge is 0.481 e. The molecule has 7 nitrogen and oxygen atoms in total. The van der Waals surface area contributed by atoms with E-state index in [2.05, 4.69) is 4.99 Å². The summed E-state index contributed by atoms with van der Waals surface area (Å²) in [5, 5.41) is 9.10. The first-order valence-electron chi connectivity index (χ1n) is 9.36. The number of amidine groups is 1. The highest BCUT2D eigenvalue weighted by Crippen LogP contribution is 2.43. The zero-order valence-corrected chi connectivity index (χ0v) is 17.6. The van der Waals surface area contributed by atoms with Crippen LogP contribution < -0.4 is 4.90 Å². The van der Waals surface area contributed by atoms with E-state index in [9.17, 15) is 18.0 Å². The van der Waals surface area contributed by atoms with Crippen molar-refractivity contribution in [2.75, 3.05) is 16.4 Å². The fourth-order valence-electron chi connectivity index (χ4n) is 3.73. The zero-order chi connectivity index (χ0) is 20.5. The summed E-state index contributed by atoms with van der Waals surface area (Å²) in [7, 11) is -3.14. The number of carbonyl (C=O) groups is 2. The number of carboxylic acids is 1. The fraction of sp³-hybridized carbons (Fsp3) is 0.526. The minimum Gasteiger partial charge on any atom is -0.481 e. The minimum absolute atomic E-state index is 0.0359. The topological polar surface area (TPSA) is 104 Å². The molecule has 0 aliphatic carbocycles. The molecular weight excluding hydrogens is 400 g/mol. The summed E-state index contributed by atoms with van der Waals surface area (Å²) in [6.07, 6.45) is 1.10. The quantitative estimate of drug-likeness (QED) is 0.747. The van der Waals surface area contributed by atoms with E-state index in [1.165, 1.54) is 11.8 Å². The van der Waals surface area contributed by atoms with Crippen molar-refractivity contribution < 1.29 is 23.1 Å². The molecule has 0 spiro atoms. The van der Waals surface area contributed by atoms with Gasteiger partial charge in [0.25, 0.3) is 0 Å². The van der Waals surface area contributed by atoms with Crippen LogP contribution >= 0.6 is 11.8 Å². The molecule has 1 N–H and O–H groups in total. The number of amides is 1. The second-order valence-electron chi connectivity index (χ2n) is 6.98. The van der Waals surface area contributed by atoms with Crippen LogP contribution in [0.1, 0.15) is 37.8 Å². The van der Waals surface area contributed by atoms with Crippen LogP contribution in [-0.2, 0) is 32.3 Å². The summed E-state index contributed by atoms with van der Waals surface area (Å²) >= 11 is 1.32. The van der Waals surface area contributed by atoms with E-state index >= 15 is 0 Å². The second-order valence-corrected chi connectivity index (χ2v) is 10.3. The SMILES string of the molecule is CCc1cccc(CC)c1N1C(=NC(=O)CCC(=O)O)S[C@@H]2CS(=O)(=O)C[C@@H]21. The predicted molar refractivity (Wildman–Crippen MR) is 111 cm³/mol.